The molecule has 3 atom stereocenters. The summed E-state index contributed by atoms with van der Waals surface area (Å²) in [6, 6.07) is 27.0. The highest BCUT2D eigenvalue weighted by molar-refractivity contribution is 5.83. The standard InChI is InChI=1S/C28H31N3O2/c1-20(21-9-5-3-6-10-21)29-28(32)25-17-22-13-14-24(33-2)18-26(22)31-16-15-30(19-27(25)31)23-11-7-4-8-12-23/h3-14,18,20,25,27H,15-17,19H2,1-2H3,(H,29,32)/t20-,25-,27-/m1/s1. The SMILES string of the molecule is COc1ccc2c(c1)N1CCN(c3ccccc3)C[C@@H]1[C@H](C(=O)N[C@H](C)c1ccccc1)C2. The Bertz CT molecular complexity index is 1100. The highest BCUT2D eigenvalue weighted by atomic mass is 16.5. The Morgan fingerprint density at radius 1 is 1.00 bits per heavy atom. The fourth-order valence-electron chi connectivity index (χ4n) is 5.22. The molecule has 3 aromatic carbocycles. The third-order valence-corrected chi connectivity index (χ3v) is 7.04. The number of benzene rings is 3. The Balaban J connectivity index is 1.44. The molecule has 3 aromatic rings. The molecule has 33 heavy (non-hydrogen) atoms. The second-order valence-electron chi connectivity index (χ2n) is 8.99. The van der Waals surface area contributed by atoms with Crippen molar-refractivity contribution < 1.29 is 9.53 Å². The first-order chi connectivity index (χ1) is 16.1. The third kappa shape index (κ3) is 4.28. The van der Waals surface area contributed by atoms with E-state index < -0.39 is 0 Å². The summed E-state index contributed by atoms with van der Waals surface area (Å²) >= 11 is 0. The van der Waals surface area contributed by atoms with Crippen LogP contribution in [0.15, 0.2) is 78.9 Å². The second kappa shape index (κ2) is 9.18. The molecule has 1 fully saturated rings. The van der Waals surface area contributed by atoms with Gasteiger partial charge in [0.1, 0.15) is 5.75 Å². The molecule has 5 nitrogen and oxygen atoms in total. The first kappa shape index (κ1) is 21.4. The summed E-state index contributed by atoms with van der Waals surface area (Å²) in [4.78, 5) is 18.5. The maximum absolute atomic E-state index is 13.6. The molecule has 1 amide bonds. The molecule has 0 saturated carbocycles. The van der Waals surface area contributed by atoms with Crippen molar-refractivity contribution >= 4 is 17.3 Å². The van der Waals surface area contributed by atoms with E-state index in [9.17, 15) is 4.79 Å². The van der Waals surface area contributed by atoms with Crippen LogP contribution in [0, 0.1) is 5.92 Å². The molecule has 2 aliphatic rings. The number of carbonyl (C=O) groups is 1. The number of piperazine rings is 1. The van der Waals surface area contributed by atoms with Crippen LogP contribution in [-0.2, 0) is 11.2 Å². The zero-order chi connectivity index (χ0) is 22.8. The summed E-state index contributed by atoms with van der Waals surface area (Å²) in [6.45, 7) is 4.67. The molecule has 0 unspecified atom stereocenters. The zero-order valence-electron chi connectivity index (χ0n) is 19.3. The van der Waals surface area contributed by atoms with E-state index in [4.69, 9.17) is 4.74 Å². The zero-order valence-corrected chi connectivity index (χ0v) is 19.3. The molecule has 2 aliphatic heterocycles. The lowest BCUT2D eigenvalue weighted by Gasteiger charge is -2.49. The van der Waals surface area contributed by atoms with Crippen molar-refractivity contribution in [1.82, 2.24) is 5.32 Å². The van der Waals surface area contributed by atoms with Gasteiger partial charge >= 0.3 is 0 Å². The molecule has 5 rings (SSSR count). The van der Waals surface area contributed by atoms with Crippen molar-refractivity contribution in [3.8, 4) is 5.75 Å². The largest absolute Gasteiger partial charge is 0.497 e. The maximum atomic E-state index is 13.6. The molecule has 0 aliphatic carbocycles. The van der Waals surface area contributed by atoms with E-state index in [1.807, 2.05) is 30.3 Å². The minimum absolute atomic E-state index is 0.0294. The van der Waals surface area contributed by atoms with Gasteiger partial charge in [0.2, 0.25) is 5.91 Å². The number of hydrogen-bond acceptors (Lipinski definition) is 4. The Hall–Kier alpha value is -3.47. The van der Waals surface area contributed by atoms with Gasteiger partial charge in [-0.05, 0) is 42.7 Å². The van der Waals surface area contributed by atoms with Crippen LogP contribution in [0.5, 0.6) is 5.75 Å². The first-order valence-electron chi connectivity index (χ1n) is 11.7. The lowest BCUT2D eigenvalue weighted by Crippen LogP contribution is -2.61. The fraction of sp³-hybridized carbons (Fsp3) is 0.321. The van der Waals surface area contributed by atoms with Crippen LogP contribution in [0.25, 0.3) is 0 Å². The average Bonchev–Trinajstić information content (AvgIpc) is 2.88. The number of para-hydroxylation sites is 1. The maximum Gasteiger partial charge on any atom is 0.226 e. The predicted octanol–water partition coefficient (Wildman–Crippen LogP) is 4.44. The lowest BCUT2D eigenvalue weighted by atomic mass is 9.83. The number of nitrogens with one attached hydrogen (secondary N) is 1. The monoisotopic (exact) mass is 441 g/mol. The van der Waals surface area contributed by atoms with E-state index in [1.165, 1.54) is 16.9 Å². The molecular weight excluding hydrogens is 410 g/mol. The molecule has 170 valence electrons. The Morgan fingerprint density at radius 2 is 1.73 bits per heavy atom. The van der Waals surface area contributed by atoms with E-state index >= 15 is 0 Å². The average molecular weight is 442 g/mol. The van der Waals surface area contributed by atoms with Crippen LogP contribution in [0.3, 0.4) is 0 Å². The minimum atomic E-state index is -0.122. The number of amides is 1. The van der Waals surface area contributed by atoms with Gasteiger partial charge in [0.05, 0.1) is 25.1 Å². The summed E-state index contributed by atoms with van der Waals surface area (Å²) in [7, 11) is 1.70. The van der Waals surface area contributed by atoms with Gasteiger partial charge in [-0.25, -0.2) is 0 Å². The van der Waals surface area contributed by atoms with Gasteiger partial charge < -0.3 is 19.9 Å². The van der Waals surface area contributed by atoms with Gasteiger partial charge in [0.25, 0.3) is 0 Å². The van der Waals surface area contributed by atoms with Gasteiger partial charge in [0.15, 0.2) is 0 Å². The Morgan fingerprint density at radius 3 is 2.45 bits per heavy atom. The molecule has 0 aromatic heterocycles. The molecule has 0 radical (unpaired) electrons. The predicted molar refractivity (Wildman–Crippen MR) is 133 cm³/mol. The smallest absolute Gasteiger partial charge is 0.226 e. The third-order valence-electron chi connectivity index (χ3n) is 7.04. The summed E-state index contributed by atoms with van der Waals surface area (Å²) in [5.74, 6) is 0.861. The molecule has 0 bridgehead atoms. The minimum Gasteiger partial charge on any atom is -0.497 e. The summed E-state index contributed by atoms with van der Waals surface area (Å²) in [6.07, 6.45) is 0.733. The lowest BCUT2D eigenvalue weighted by molar-refractivity contribution is -0.126. The number of ether oxygens (including phenoxy) is 1. The van der Waals surface area contributed by atoms with Crippen molar-refractivity contribution in [1.29, 1.82) is 0 Å². The van der Waals surface area contributed by atoms with Crippen molar-refractivity contribution in [3.63, 3.8) is 0 Å². The van der Waals surface area contributed by atoms with Crippen LogP contribution in [0.2, 0.25) is 0 Å². The van der Waals surface area contributed by atoms with E-state index in [1.54, 1.807) is 7.11 Å². The van der Waals surface area contributed by atoms with Crippen molar-refractivity contribution in [2.45, 2.75) is 25.4 Å². The first-order valence-corrected chi connectivity index (χ1v) is 11.7. The second-order valence-corrected chi connectivity index (χ2v) is 8.99. The van der Waals surface area contributed by atoms with Crippen LogP contribution in [-0.4, -0.2) is 38.7 Å². The summed E-state index contributed by atoms with van der Waals surface area (Å²) < 4.78 is 5.51. The molecule has 2 heterocycles. The number of carbonyl (C=O) groups excluding carboxylic acids is 1. The Kier molecular flexibility index (Phi) is 5.95. The fourth-order valence-corrected chi connectivity index (χ4v) is 5.22. The van der Waals surface area contributed by atoms with Crippen molar-refractivity contribution in [2.75, 3.05) is 36.5 Å². The summed E-state index contributed by atoms with van der Waals surface area (Å²) in [5, 5.41) is 3.30. The van der Waals surface area contributed by atoms with Gasteiger partial charge in [-0.15, -0.1) is 0 Å². The van der Waals surface area contributed by atoms with Gasteiger partial charge in [0, 0.05) is 37.1 Å². The van der Waals surface area contributed by atoms with Gasteiger partial charge in [-0.1, -0.05) is 54.6 Å². The molecule has 5 heteroatoms. The number of rotatable bonds is 5. The van der Waals surface area contributed by atoms with E-state index in [2.05, 4.69) is 70.6 Å². The normalized spacial score (nSPS) is 20.4. The number of hydrogen-bond donors (Lipinski definition) is 1. The number of anilines is 2. The Labute approximate surface area is 196 Å². The van der Waals surface area contributed by atoms with Crippen LogP contribution < -0.4 is 19.9 Å². The van der Waals surface area contributed by atoms with Gasteiger partial charge in [-0.2, -0.15) is 0 Å². The quantitative estimate of drug-likeness (QED) is 0.636. The molecule has 0 spiro atoms. The van der Waals surface area contributed by atoms with Crippen LogP contribution in [0.1, 0.15) is 24.1 Å². The van der Waals surface area contributed by atoms with Crippen LogP contribution >= 0.6 is 0 Å². The van der Waals surface area contributed by atoms with E-state index in [0.717, 1.165) is 37.4 Å². The highest BCUT2D eigenvalue weighted by Gasteiger charge is 2.42. The van der Waals surface area contributed by atoms with E-state index in [-0.39, 0.29) is 23.9 Å². The molecular formula is C28H31N3O2. The highest BCUT2D eigenvalue weighted by Crippen LogP contribution is 2.39. The van der Waals surface area contributed by atoms with Crippen molar-refractivity contribution in [3.05, 3.63) is 90.0 Å². The number of nitrogens with zero attached hydrogens (tertiary/aromatic N) is 2. The topological polar surface area (TPSA) is 44.8 Å². The van der Waals surface area contributed by atoms with Crippen molar-refractivity contribution in [2.24, 2.45) is 5.92 Å². The van der Waals surface area contributed by atoms with Crippen LogP contribution in [0.4, 0.5) is 11.4 Å². The number of fused-ring (bicyclic) bond motifs is 3. The van der Waals surface area contributed by atoms with E-state index in [0.29, 0.717) is 0 Å². The summed E-state index contributed by atoms with van der Waals surface area (Å²) in [5.41, 5.74) is 4.75. The molecule has 1 saturated heterocycles. The molecule has 1 N–H and O–H groups in total. The van der Waals surface area contributed by atoms with Gasteiger partial charge in [-0.3, -0.25) is 4.79 Å². The number of methoxy groups -OCH3 is 1.